The Morgan fingerprint density at radius 1 is 1.29 bits per heavy atom. The molecule has 2 N–H and O–H groups in total. The number of nitro benzene ring substituents is 1. The Bertz CT molecular complexity index is 902. The highest BCUT2D eigenvalue weighted by atomic mass is 16.6. The van der Waals surface area contributed by atoms with Crippen molar-refractivity contribution >= 4 is 28.2 Å². The quantitative estimate of drug-likeness (QED) is 0.553. The van der Waals surface area contributed by atoms with Gasteiger partial charge in [0.1, 0.15) is 5.75 Å². The summed E-state index contributed by atoms with van der Waals surface area (Å²) in [7, 11) is 0. The van der Waals surface area contributed by atoms with Crippen LogP contribution in [0.4, 0.5) is 11.4 Å². The predicted octanol–water partition coefficient (Wildman–Crippen LogP) is 3.12. The van der Waals surface area contributed by atoms with Crippen molar-refractivity contribution in [3.05, 3.63) is 58.3 Å². The number of non-ortho nitro benzene ring substituents is 1. The van der Waals surface area contributed by atoms with E-state index < -0.39 is 10.8 Å². The zero-order valence-electron chi connectivity index (χ0n) is 12.8. The summed E-state index contributed by atoms with van der Waals surface area (Å²) in [5.74, 6) is 0.252. The summed E-state index contributed by atoms with van der Waals surface area (Å²) in [5.41, 5.74) is 1.13. The number of amides is 1. The Kier molecular flexibility index (Phi) is 4.11. The van der Waals surface area contributed by atoms with Crippen molar-refractivity contribution in [2.24, 2.45) is 0 Å². The van der Waals surface area contributed by atoms with Crippen molar-refractivity contribution in [1.29, 1.82) is 0 Å². The lowest BCUT2D eigenvalue weighted by Gasteiger charge is -2.06. The molecule has 0 aliphatic carbocycles. The molecule has 122 valence electrons. The molecule has 0 spiro atoms. The van der Waals surface area contributed by atoms with Crippen molar-refractivity contribution in [3.63, 3.8) is 0 Å². The number of aromatic amines is 1. The maximum Gasteiger partial charge on any atom is 0.276 e. The first-order valence-corrected chi connectivity index (χ1v) is 7.25. The summed E-state index contributed by atoms with van der Waals surface area (Å²) >= 11 is 0. The molecule has 8 heteroatoms. The van der Waals surface area contributed by atoms with Crippen LogP contribution in [0.1, 0.15) is 17.4 Å². The number of carbonyl (C=O) groups excluding carboxylic acids is 1. The summed E-state index contributed by atoms with van der Waals surface area (Å²) in [6, 6.07) is 11.1. The highest BCUT2D eigenvalue weighted by Crippen LogP contribution is 2.23. The van der Waals surface area contributed by atoms with Gasteiger partial charge in [0.15, 0.2) is 5.69 Å². The van der Waals surface area contributed by atoms with Crippen LogP contribution in [0.5, 0.6) is 5.75 Å². The van der Waals surface area contributed by atoms with Crippen LogP contribution >= 0.6 is 0 Å². The van der Waals surface area contributed by atoms with Gasteiger partial charge in [-0.15, -0.1) is 0 Å². The number of fused-ring (bicyclic) bond motifs is 1. The average Bonchev–Trinajstić information content (AvgIpc) is 3.00. The van der Waals surface area contributed by atoms with Crippen LogP contribution in [-0.2, 0) is 0 Å². The molecule has 2 aromatic carbocycles. The zero-order valence-corrected chi connectivity index (χ0v) is 12.8. The van der Waals surface area contributed by atoms with Crippen LogP contribution in [0.2, 0.25) is 0 Å². The lowest BCUT2D eigenvalue weighted by Crippen LogP contribution is -2.12. The summed E-state index contributed by atoms with van der Waals surface area (Å²) in [4.78, 5) is 22.8. The maximum atomic E-state index is 12.4. The monoisotopic (exact) mass is 326 g/mol. The molecule has 1 aromatic heterocycles. The molecule has 3 aromatic rings. The molecule has 0 fully saturated rings. The molecule has 0 radical (unpaired) electrons. The minimum atomic E-state index is -0.513. The molecular weight excluding hydrogens is 312 g/mol. The Balaban J connectivity index is 1.85. The Morgan fingerprint density at radius 3 is 2.71 bits per heavy atom. The number of nitro groups is 1. The van der Waals surface area contributed by atoms with Gasteiger partial charge in [-0.2, -0.15) is 5.10 Å². The third kappa shape index (κ3) is 3.02. The van der Waals surface area contributed by atoms with Crippen LogP contribution in [0.25, 0.3) is 10.9 Å². The van der Waals surface area contributed by atoms with Crippen LogP contribution in [0.3, 0.4) is 0 Å². The van der Waals surface area contributed by atoms with Crippen LogP contribution in [0.15, 0.2) is 42.5 Å². The van der Waals surface area contributed by atoms with Crippen molar-refractivity contribution in [2.75, 3.05) is 11.9 Å². The lowest BCUT2D eigenvalue weighted by atomic mass is 10.2. The van der Waals surface area contributed by atoms with Gasteiger partial charge in [0.2, 0.25) is 0 Å². The number of carbonyl (C=O) groups is 1. The molecule has 0 aliphatic heterocycles. The summed E-state index contributed by atoms with van der Waals surface area (Å²) in [6.45, 7) is 2.45. The normalized spacial score (nSPS) is 10.5. The molecule has 0 unspecified atom stereocenters. The van der Waals surface area contributed by atoms with Crippen molar-refractivity contribution in [2.45, 2.75) is 6.92 Å². The molecule has 0 aliphatic rings. The highest BCUT2D eigenvalue weighted by molar-refractivity contribution is 6.11. The molecule has 1 heterocycles. The minimum Gasteiger partial charge on any atom is -0.494 e. The minimum absolute atomic E-state index is 0.0981. The standard InChI is InChI=1S/C16H14N4O4/c1-2-24-12-6-3-10(4-7-12)17-16(21)15-13-9-11(20(22)23)5-8-14(13)18-19-15/h3-9H,2H2,1H3,(H,17,21)(H,18,19). The molecular formula is C16H14N4O4. The van der Waals surface area contributed by atoms with E-state index in [1.807, 2.05) is 6.92 Å². The highest BCUT2D eigenvalue weighted by Gasteiger charge is 2.17. The van der Waals surface area contributed by atoms with E-state index in [0.717, 1.165) is 0 Å². The summed E-state index contributed by atoms with van der Waals surface area (Å²) in [5, 5.41) is 20.6. The van der Waals surface area contributed by atoms with Crippen molar-refractivity contribution < 1.29 is 14.5 Å². The summed E-state index contributed by atoms with van der Waals surface area (Å²) < 4.78 is 5.34. The van der Waals surface area contributed by atoms with E-state index in [1.54, 1.807) is 24.3 Å². The Hall–Kier alpha value is -3.42. The fraction of sp³-hybridized carbons (Fsp3) is 0.125. The number of nitrogens with zero attached hydrogens (tertiary/aromatic N) is 2. The smallest absolute Gasteiger partial charge is 0.276 e. The molecule has 24 heavy (non-hydrogen) atoms. The number of hydrogen-bond acceptors (Lipinski definition) is 5. The van der Waals surface area contributed by atoms with Gasteiger partial charge in [-0.3, -0.25) is 20.0 Å². The largest absolute Gasteiger partial charge is 0.494 e. The third-order valence-electron chi connectivity index (χ3n) is 3.40. The van der Waals surface area contributed by atoms with Gasteiger partial charge in [0.05, 0.1) is 17.0 Å². The van der Waals surface area contributed by atoms with Crippen LogP contribution in [0, 0.1) is 10.1 Å². The SMILES string of the molecule is CCOc1ccc(NC(=O)c2n[nH]c3ccc([N+](=O)[O-])cc23)cc1. The van der Waals surface area contributed by atoms with E-state index in [4.69, 9.17) is 4.74 Å². The lowest BCUT2D eigenvalue weighted by molar-refractivity contribution is -0.384. The summed E-state index contributed by atoms with van der Waals surface area (Å²) in [6.07, 6.45) is 0. The van der Waals surface area contributed by atoms with Gasteiger partial charge >= 0.3 is 0 Å². The second kappa shape index (κ2) is 6.37. The third-order valence-corrected chi connectivity index (χ3v) is 3.40. The van der Waals surface area contributed by atoms with Gasteiger partial charge < -0.3 is 10.1 Å². The number of rotatable bonds is 5. The molecule has 8 nitrogen and oxygen atoms in total. The average molecular weight is 326 g/mol. The molecule has 0 saturated heterocycles. The van der Waals surface area contributed by atoms with Gasteiger partial charge in [0.25, 0.3) is 11.6 Å². The first kappa shape index (κ1) is 15.5. The van der Waals surface area contributed by atoms with E-state index in [0.29, 0.717) is 28.9 Å². The van der Waals surface area contributed by atoms with Gasteiger partial charge in [-0.1, -0.05) is 0 Å². The number of H-pyrrole nitrogens is 1. The Morgan fingerprint density at radius 2 is 2.04 bits per heavy atom. The molecule has 0 bridgehead atoms. The number of anilines is 1. The van der Waals surface area contributed by atoms with Gasteiger partial charge in [-0.05, 0) is 37.3 Å². The predicted molar refractivity (Wildman–Crippen MR) is 88.3 cm³/mol. The number of ether oxygens (including phenoxy) is 1. The van der Waals surface area contributed by atoms with E-state index in [2.05, 4.69) is 15.5 Å². The molecule has 3 rings (SSSR count). The van der Waals surface area contributed by atoms with Crippen molar-refractivity contribution in [1.82, 2.24) is 10.2 Å². The van der Waals surface area contributed by atoms with E-state index in [-0.39, 0.29) is 11.4 Å². The molecule has 1 amide bonds. The molecule has 0 atom stereocenters. The number of benzene rings is 2. The van der Waals surface area contributed by atoms with Crippen LogP contribution < -0.4 is 10.1 Å². The molecule has 0 saturated carbocycles. The maximum absolute atomic E-state index is 12.4. The number of hydrogen-bond donors (Lipinski definition) is 2. The van der Waals surface area contributed by atoms with Gasteiger partial charge in [0, 0.05) is 23.2 Å². The second-order valence-electron chi connectivity index (χ2n) is 4.97. The number of aromatic nitrogens is 2. The Labute approximate surface area is 136 Å². The van der Waals surface area contributed by atoms with E-state index in [1.165, 1.54) is 18.2 Å². The van der Waals surface area contributed by atoms with Crippen molar-refractivity contribution in [3.8, 4) is 5.75 Å². The topological polar surface area (TPSA) is 110 Å². The van der Waals surface area contributed by atoms with Crippen LogP contribution in [-0.4, -0.2) is 27.6 Å². The zero-order chi connectivity index (χ0) is 17.1. The van der Waals surface area contributed by atoms with Gasteiger partial charge in [-0.25, -0.2) is 0 Å². The first-order chi connectivity index (χ1) is 11.6. The fourth-order valence-corrected chi connectivity index (χ4v) is 2.28. The van der Waals surface area contributed by atoms with E-state index in [9.17, 15) is 14.9 Å². The fourth-order valence-electron chi connectivity index (χ4n) is 2.28. The van der Waals surface area contributed by atoms with E-state index >= 15 is 0 Å². The first-order valence-electron chi connectivity index (χ1n) is 7.25. The number of nitrogens with one attached hydrogen (secondary N) is 2. The second-order valence-corrected chi connectivity index (χ2v) is 4.97.